The summed E-state index contributed by atoms with van der Waals surface area (Å²) in [5, 5.41) is 0. The topological polar surface area (TPSA) is 60.2 Å². The summed E-state index contributed by atoms with van der Waals surface area (Å²) < 4.78 is 23.6. The van der Waals surface area contributed by atoms with Gasteiger partial charge in [-0.3, -0.25) is 9.48 Å². The molecule has 1 aliphatic rings. The fourth-order valence-corrected chi connectivity index (χ4v) is 4.19. The van der Waals surface area contributed by atoms with Crippen LogP contribution in [0.15, 0.2) is 0 Å². The van der Waals surface area contributed by atoms with Gasteiger partial charge in [-0.15, -0.1) is 0 Å². The average molecular weight is 427 g/mol. The molecule has 0 N–H and O–H groups in total. The molecule has 1 aliphatic heterocycles. The Morgan fingerprint density at radius 1 is 1.21 bits per heavy atom. The summed E-state index contributed by atoms with van der Waals surface area (Å²) in [4.78, 5) is 14.0. The second-order valence-corrected chi connectivity index (χ2v) is 9.70. The van der Waals surface area contributed by atoms with E-state index in [9.17, 15) is 4.79 Å². The summed E-state index contributed by atoms with van der Waals surface area (Å²) in [5.74, 6) is -0.194. The van der Waals surface area contributed by atoms with Crippen LogP contribution in [0.5, 0.6) is 0 Å². The Morgan fingerprint density at radius 3 is 2.29 bits per heavy atom. The maximum atomic E-state index is 11.8. The maximum absolute atomic E-state index is 11.8. The number of halogens is 1. The highest BCUT2D eigenvalue weighted by Gasteiger charge is 2.37. The number of hydrogen-bond donors (Lipinski definition) is 0. The number of hydrogen-bond acceptors (Lipinski definition) is 6. The quantitative estimate of drug-likeness (QED) is 0.240. The summed E-state index contributed by atoms with van der Waals surface area (Å²) in [5.41, 5.74) is -0.440. The molecule has 0 amide bonds. The monoisotopic (exact) mass is 426 g/mol. The van der Waals surface area contributed by atoms with Gasteiger partial charge in [-0.1, -0.05) is 0 Å². The van der Waals surface area contributed by atoms with E-state index in [4.69, 9.17) is 18.0 Å². The first-order chi connectivity index (χ1) is 10.7. The Labute approximate surface area is 157 Å². The van der Waals surface area contributed by atoms with Gasteiger partial charge in [0.05, 0.1) is 6.54 Å². The van der Waals surface area contributed by atoms with Crippen LogP contribution in [0.4, 0.5) is 0 Å². The molecule has 142 valence electrons. The Hall–Kier alpha value is -0.483. The van der Waals surface area contributed by atoms with Gasteiger partial charge >= 0.3 is 14.8 Å². The van der Waals surface area contributed by atoms with Crippen LogP contribution in [0.2, 0.25) is 6.04 Å². The number of carbonyl (C=O) groups excluding carboxylic acids is 1. The lowest BCUT2D eigenvalue weighted by atomic mass is 10.2. The van der Waals surface area contributed by atoms with Crippen molar-refractivity contribution in [3.8, 4) is 0 Å². The van der Waals surface area contributed by atoms with Gasteiger partial charge in [-0.25, -0.2) is 4.79 Å². The second-order valence-electron chi connectivity index (χ2n) is 6.61. The molecule has 0 saturated carbocycles. The molecule has 0 spiro atoms. The number of rotatable bonds is 9. The molecule has 0 aromatic carbocycles. The van der Waals surface area contributed by atoms with Gasteiger partial charge in [0.1, 0.15) is 18.7 Å². The molecular formula is C15H31BrN2O5Si. The molecule has 1 heterocycles. The summed E-state index contributed by atoms with van der Waals surface area (Å²) in [6.07, 6.45) is 2.91. The van der Waals surface area contributed by atoms with Gasteiger partial charge in [0, 0.05) is 27.4 Å². The zero-order valence-corrected chi connectivity index (χ0v) is 18.2. The van der Waals surface area contributed by atoms with Crippen molar-refractivity contribution in [1.82, 2.24) is 4.90 Å². The van der Waals surface area contributed by atoms with Crippen molar-refractivity contribution in [3.05, 3.63) is 0 Å². The van der Waals surface area contributed by atoms with E-state index in [1.807, 2.05) is 31.7 Å². The van der Waals surface area contributed by atoms with Crippen LogP contribution in [-0.2, 0) is 22.8 Å². The highest BCUT2D eigenvalue weighted by atomic mass is 79.9. The van der Waals surface area contributed by atoms with E-state index in [-0.39, 0.29) is 23.0 Å². The van der Waals surface area contributed by atoms with Crippen molar-refractivity contribution in [3.63, 3.8) is 0 Å². The lowest BCUT2D eigenvalue weighted by Crippen LogP contribution is -3.00. The second kappa shape index (κ2) is 10.5. The molecule has 0 aromatic heterocycles. The molecule has 0 unspecified atom stereocenters. The van der Waals surface area contributed by atoms with Crippen LogP contribution in [0.3, 0.4) is 0 Å². The minimum absolute atomic E-state index is 0. The minimum atomic E-state index is -2.49. The van der Waals surface area contributed by atoms with Crippen LogP contribution in [0.1, 0.15) is 27.2 Å². The number of ether oxygens (including phenoxy) is 1. The summed E-state index contributed by atoms with van der Waals surface area (Å²) in [6.45, 7) is 8.55. The highest BCUT2D eigenvalue weighted by Crippen LogP contribution is 2.15. The van der Waals surface area contributed by atoms with Crippen molar-refractivity contribution in [2.75, 3.05) is 47.5 Å². The van der Waals surface area contributed by atoms with E-state index in [2.05, 4.69) is 4.90 Å². The Bertz CT molecular complexity index is 416. The van der Waals surface area contributed by atoms with E-state index in [0.717, 1.165) is 32.1 Å². The van der Waals surface area contributed by atoms with Crippen LogP contribution in [-0.4, -0.2) is 83.7 Å². The normalized spacial score (nSPS) is 15.1. The highest BCUT2D eigenvalue weighted by molar-refractivity contribution is 6.60. The van der Waals surface area contributed by atoms with E-state index < -0.39 is 14.4 Å². The fraction of sp³-hybridized carbons (Fsp3) is 0.867. The van der Waals surface area contributed by atoms with E-state index >= 15 is 0 Å². The standard InChI is InChI=1S/C15H31N2O5Si.BrH/c1-15(2,3)22-14(18)12-17-10-9-16(13-17)8-7-11-23(19-4,20-5)21-6;/h13H,7-12H2,1-6H3;1H/q+1;/p-1. The molecule has 7 nitrogen and oxygen atoms in total. The molecule has 24 heavy (non-hydrogen) atoms. The average Bonchev–Trinajstić information content (AvgIpc) is 2.89. The maximum Gasteiger partial charge on any atom is 0.500 e. The number of carbonyl (C=O) groups is 1. The van der Waals surface area contributed by atoms with Gasteiger partial charge in [0.15, 0.2) is 6.54 Å². The van der Waals surface area contributed by atoms with Crippen LogP contribution in [0, 0.1) is 0 Å². The summed E-state index contributed by atoms with van der Waals surface area (Å²) >= 11 is 0. The zero-order chi connectivity index (χ0) is 17.5. The van der Waals surface area contributed by atoms with Gasteiger partial charge < -0.3 is 35.0 Å². The first-order valence-electron chi connectivity index (χ1n) is 7.94. The van der Waals surface area contributed by atoms with Gasteiger partial charge in [0.25, 0.3) is 0 Å². The van der Waals surface area contributed by atoms with Crippen molar-refractivity contribution < 1.29 is 44.4 Å². The van der Waals surface area contributed by atoms with Gasteiger partial charge in [0.2, 0.25) is 6.34 Å². The third-order valence-electron chi connectivity index (χ3n) is 3.61. The predicted molar refractivity (Wildman–Crippen MR) is 89.7 cm³/mol. The van der Waals surface area contributed by atoms with Crippen molar-refractivity contribution in [2.24, 2.45) is 0 Å². The third kappa shape index (κ3) is 8.06. The van der Waals surface area contributed by atoms with Crippen LogP contribution in [0.25, 0.3) is 0 Å². The fourth-order valence-electron chi connectivity index (χ4n) is 2.49. The molecule has 0 fully saturated rings. The number of nitrogens with zero attached hydrogens (tertiary/aromatic N) is 2. The number of esters is 1. The first kappa shape index (κ1) is 23.5. The van der Waals surface area contributed by atoms with Gasteiger partial charge in [-0.2, -0.15) is 0 Å². The molecule has 1 rings (SSSR count). The lowest BCUT2D eigenvalue weighted by Gasteiger charge is -2.24. The Balaban J connectivity index is 0.00000529. The van der Waals surface area contributed by atoms with E-state index in [0.29, 0.717) is 6.54 Å². The lowest BCUT2D eigenvalue weighted by molar-refractivity contribution is -0.504. The predicted octanol–water partition coefficient (Wildman–Crippen LogP) is -2.04. The molecule has 0 atom stereocenters. The van der Waals surface area contributed by atoms with Crippen LogP contribution < -0.4 is 17.0 Å². The van der Waals surface area contributed by atoms with Gasteiger partial charge in [-0.05, 0) is 27.2 Å². The van der Waals surface area contributed by atoms with Crippen molar-refractivity contribution in [2.45, 2.75) is 38.8 Å². The molecule has 0 radical (unpaired) electrons. The summed E-state index contributed by atoms with van der Waals surface area (Å²) in [6, 6.07) is 0.771. The summed E-state index contributed by atoms with van der Waals surface area (Å²) in [7, 11) is 2.40. The largest absolute Gasteiger partial charge is 1.00 e. The Kier molecular flexibility index (Phi) is 10.3. The third-order valence-corrected chi connectivity index (χ3v) is 6.45. The van der Waals surface area contributed by atoms with E-state index in [1.54, 1.807) is 21.3 Å². The molecule has 0 aliphatic carbocycles. The zero-order valence-electron chi connectivity index (χ0n) is 15.6. The van der Waals surface area contributed by atoms with Crippen molar-refractivity contribution >= 4 is 21.1 Å². The smallest absolute Gasteiger partial charge is 0.500 e. The molecule has 0 bridgehead atoms. The molecule has 0 aromatic rings. The first-order valence-corrected chi connectivity index (χ1v) is 9.87. The van der Waals surface area contributed by atoms with Crippen LogP contribution >= 0.6 is 0 Å². The molecule has 0 saturated heterocycles. The Morgan fingerprint density at radius 2 is 1.79 bits per heavy atom. The van der Waals surface area contributed by atoms with Crippen molar-refractivity contribution in [1.29, 1.82) is 0 Å². The van der Waals surface area contributed by atoms with E-state index in [1.165, 1.54) is 0 Å². The minimum Gasteiger partial charge on any atom is -1.00 e. The molecule has 9 heteroatoms. The molecular weight excluding hydrogens is 396 g/mol. The SMILES string of the molecule is CO[Si](CCCN1C=[N+](CC(=O)OC(C)(C)C)CC1)(OC)OC.[Br-].